The van der Waals surface area contributed by atoms with Crippen molar-refractivity contribution in [2.75, 3.05) is 4.90 Å². The van der Waals surface area contributed by atoms with Crippen molar-refractivity contribution in [2.45, 2.75) is 44.4 Å². The highest BCUT2D eigenvalue weighted by atomic mass is 35.5. The zero-order valence-corrected chi connectivity index (χ0v) is 17.5. The Morgan fingerprint density at radius 2 is 1.72 bits per heavy atom. The van der Waals surface area contributed by atoms with Crippen LogP contribution in [0.1, 0.15) is 37.7 Å². The molecule has 0 aromatic heterocycles. The molecule has 0 bridgehead atoms. The van der Waals surface area contributed by atoms with Gasteiger partial charge in [0.2, 0.25) is 11.9 Å². The second-order valence-electron chi connectivity index (χ2n) is 7.34. The second kappa shape index (κ2) is 8.13. The lowest BCUT2D eigenvalue weighted by Crippen LogP contribution is -2.58. The summed E-state index contributed by atoms with van der Waals surface area (Å²) in [6.45, 7) is 0.355. The number of aliphatic imine (C=N–C) groups is 2. The number of ether oxygens (including phenoxy) is 1. The molecule has 2 aliphatic rings. The number of nitrogens with two attached hydrogens (primary N) is 2. The largest absolute Gasteiger partial charge is 0.489 e. The summed E-state index contributed by atoms with van der Waals surface area (Å²) in [5.74, 6) is 1.36. The van der Waals surface area contributed by atoms with E-state index in [1.54, 1.807) is 12.1 Å². The van der Waals surface area contributed by atoms with Crippen LogP contribution < -0.4 is 21.1 Å². The van der Waals surface area contributed by atoms with Crippen molar-refractivity contribution in [1.29, 1.82) is 0 Å². The van der Waals surface area contributed by atoms with Crippen molar-refractivity contribution < 1.29 is 4.74 Å². The fourth-order valence-corrected chi connectivity index (χ4v) is 4.45. The van der Waals surface area contributed by atoms with Crippen LogP contribution in [0.4, 0.5) is 5.69 Å². The van der Waals surface area contributed by atoms with E-state index in [9.17, 15) is 0 Å². The topological polar surface area (TPSA) is 89.2 Å². The van der Waals surface area contributed by atoms with E-state index in [0.29, 0.717) is 22.6 Å². The van der Waals surface area contributed by atoms with Gasteiger partial charge in [0.1, 0.15) is 18.0 Å². The van der Waals surface area contributed by atoms with Crippen molar-refractivity contribution in [3.05, 3.63) is 58.1 Å². The first-order chi connectivity index (χ1) is 14.0. The van der Waals surface area contributed by atoms with Gasteiger partial charge >= 0.3 is 0 Å². The Morgan fingerprint density at radius 1 is 1.00 bits per heavy atom. The minimum Gasteiger partial charge on any atom is -0.489 e. The van der Waals surface area contributed by atoms with Gasteiger partial charge in [-0.15, -0.1) is 0 Å². The summed E-state index contributed by atoms with van der Waals surface area (Å²) in [4.78, 5) is 10.9. The highest BCUT2D eigenvalue weighted by Crippen LogP contribution is 2.39. The number of rotatable bonds is 4. The molecule has 0 amide bonds. The van der Waals surface area contributed by atoms with Gasteiger partial charge in [-0.3, -0.25) is 4.90 Å². The molecule has 0 saturated heterocycles. The summed E-state index contributed by atoms with van der Waals surface area (Å²) in [6, 6.07) is 13.1. The summed E-state index contributed by atoms with van der Waals surface area (Å²) in [5, 5.41) is 1.19. The van der Waals surface area contributed by atoms with Gasteiger partial charge in [0.15, 0.2) is 0 Å². The molecule has 1 fully saturated rings. The molecule has 1 aliphatic carbocycles. The summed E-state index contributed by atoms with van der Waals surface area (Å²) in [6.07, 6.45) is 5.17. The van der Waals surface area contributed by atoms with Crippen LogP contribution in [0.3, 0.4) is 0 Å². The number of nitrogens with zero attached hydrogens (tertiary/aromatic N) is 3. The summed E-state index contributed by atoms with van der Waals surface area (Å²) in [5.41, 5.74) is 13.5. The third-order valence-electron chi connectivity index (χ3n) is 5.36. The number of benzene rings is 2. The lowest BCUT2D eigenvalue weighted by Gasteiger charge is -2.45. The van der Waals surface area contributed by atoms with Crippen LogP contribution in [0.15, 0.2) is 52.4 Å². The SMILES string of the molecule is NC1=NC2(CCCCC2)N(c2ccc(OCc3ccc(Cl)cc3Cl)cc2)C(N)=N1. The van der Waals surface area contributed by atoms with Crippen molar-refractivity contribution in [3.8, 4) is 5.75 Å². The molecule has 1 spiro atoms. The molecule has 2 aromatic rings. The van der Waals surface area contributed by atoms with Crippen LogP contribution in [-0.2, 0) is 6.61 Å². The molecule has 1 saturated carbocycles. The van der Waals surface area contributed by atoms with E-state index in [1.807, 2.05) is 35.2 Å². The number of hydrogen-bond donors (Lipinski definition) is 2. The fraction of sp³-hybridized carbons (Fsp3) is 0.333. The summed E-state index contributed by atoms with van der Waals surface area (Å²) < 4.78 is 5.88. The molecule has 6 nitrogen and oxygen atoms in total. The normalized spacial score (nSPS) is 18.3. The highest BCUT2D eigenvalue weighted by Gasteiger charge is 2.42. The third kappa shape index (κ3) is 4.14. The third-order valence-corrected chi connectivity index (χ3v) is 5.94. The van der Waals surface area contributed by atoms with E-state index >= 15 is 0 Å². The lowest BCUT2D eigenvalue weighted by molar-refractivity contribution is 0.303. The summed E-state index contributed by atoms with van der Waals surface area (Å²) in [7, 11) is 0. The van der Waals surface area contributed by atoms with Crippen LogP contribution in [0.5, 0.6) is 5.75 Å². The maximum Gasteiger partial charge on any atom is 0.220 e. The Kier molecular flexibility index (Phi) is 5.56. The molecule has 1 heterocycles. The Bertz CT molecular complexity index is 952. The monoisotopic (exact) mass is 431 g/mol. The first kappa shape index (κ1) is 19.9. The van der Waals surface area contributed by atoms with E-state index in [4.69, 9.17) is 44.4 Å². The van der Waals surface area contributed by atoms with Gasteiger partial charge < -0.3 is 16.2 Å². The van der Waals surface area contributed by atoms with Crippen LogP contribution in [0.25, 0.3) is 0 Å². The highest BCUT2D eigenvalue weighted by molar-refractivity contribution is 6.35. The molecular weight excluding hydrogens is 409 g/mol. The van der Waals surface area contributed by atoms with Crippen molar-refractivity contribution in [2.24, 2.45) is 21.5 Å². The van der Waals surface area contributed by atoms with E-state index in [1.165, 1.54) is 6.42 Å². The zero-order chi connectivity index (χ0) is 20.4. The Hall–Kier alpha value is -2.44. The molecule has 29 heavy (non-hydrogen) atoms. The average molecular weight is 432 g/mol. The Morgan fingerprint density at radius 3 is 2.41 bits per heavy atom. The zero-order valence-electron chi connectivity index (χ0n) is 15.9. The first-order valence-corrected chi connectivity index (χ1v) is 10.4. The van der Waals surface area contributed by atoms with Crippen molar-refractivity contribution in [3.63, 3.8) is 0 Å². The molecule has 4 rings (SSSR count). The maximum atomic E-state index is 6.27. The van der Waals surface area contributed by atoms with E-state index in [0.717, 1.165) is 42.7 Å². The lowest BCUT2D eigenvalue weighted by atomic mass is 9.87. The van der Waals surface area contributed by atoms with Gasteiger partial charge in [0, 0.05) is 21.3 Å². The number of guanidine groups is 2. The predicted molar refractivity (Wildman–Crippen MR) is 119 cm³/mol. The molecule has 8 heteroatoms. The smallest absolute Gasteiger partial charge is 0.220 e. The predicted octanol–water partition coefficient (Wildman–Crippen LogP) is 4.68. The maximum absolute atomic E-state index is 6.27. The quantitative estimate of drug-likeness (QED) is 0.734. The van der Waals surface area contributed by atoms with Crippen LogP contribution in [-0.4, -0.2) is 17.6 Å². The van der Waals surface area contributed by atoms with Crippen molar-refractivity contribution in [1.82, 2.24) is 0 Å². The van der Waals surface area contributed by atoms with Gasteiger partial charge in [-0.2, -0.15) is 4.99 Å². The van der Waals surface area contributed by atoms with E-state index in [2.05, 4.69) is 4.99 Å². The van der Waals surface area contributed by atoms with Gasteiger partial charge in [-0.05, 0) is 62.1 Å². The molecule has 0 unspecified atom stereocenters. The second-order valence-corrected chi connectivity index (χ2v) is 8.18. The number of halogens is 2. The minimum atomic E-state index is -0.451. The van der Waals surface area contributed by atoms with Gasteiger partial charge in [0.25, 0.3) is 0 Å². The molecule has 2 aromatic carbocycles. The molecule has 0 radical (unpaired) electrons. The number of hydrogen-bond acceptors (Lipinski definition) is 6. The molecule has 1 aliphatic heterocycles. The van der Waals surface area contributed by atoms with Gasteiger partial charge in [-0.25, -0.2) is 4.99 Å². The van der Waals surface area contributed by atoms with Gasteiger partial charge in [0.05, 0.1) is 0 Å². The average Bonchev–Trinajstić information content (AvgIpc) is 2.68. The molecular formula is C21H23Cl2N5O. The summed E-state index contributed by atoms with van der Waals surface area (Å²) >= 11 is 12.2. The molecule has 4 N–H and O–H groups in total. The Balaban J connectivity index is 1.52. The van der Waals surface area contributed by atoms with Crippen LogP contribution in [0, 0.1) is 0 Å². The van der Waals surface area contributed by atoms with E-state index in [-0.39, 0.29) is 5.96 Å². The Labute approximate surface area is 180 Å². The van der Waals surface area contributed by atoms with E-state index < -0.39 is 5.66 Å². The minimum absolute atomic E-state index is 0.250. The first-order valence-electron chi connectivity index (χ1n) is 9.63. The molecule has 0 atom stereocenters. The van der Waals surface area contributed by atoms with Crippen LogP contribution >= 0.6 is 23.2 Å². The standard InChI is InChI=1S/C21H23Cl2N5O/c22-15-5-4-14(18(23)12-15)13-29-17-8-6-16(7-9-17)28-20(25)26-19(24)27-21(28)10-2-1-3-11-21/h4-9,12H,1-3,10-11,13H2,(H4,24,25,26,27). The number of anilines is 1. The van der Waals surface area contributed by atoms with Crippen molar-refractivity contribution >= 4 is 40.8 Å². The fourth-order valence-electron chi connectivity index (χ4n) is 3.99. The molecule has 152 valence electrons. The van der Waals surface area contributed by atoms with Crippen LogP contribution in [0.2, 0.25) is 10.0 Å². The van der Waals surface area contributed by atoms with Gasteiger partial charge in [-0.1, -0.05) is 35.7 Å².